The second kappa shape index (κ2) is 7.04. The molecule has 1 amide bonds. The molecule has 0 radical (unpaired) electrons. The van der Waals surface area contributed by atoms with Crippen LogP contribution in [0.4, 0.5) is 0 Å². The highest BCUT2D eigenvalue weighted by molar-refractivity contribution is 5.87. The molecular weight excluding hydrogens is 300 g/mol. The molecule has 2 aromatic rings. The molecule has 124 valence electrons. The van der Waals surface area contributed by atoms with Crippen molar-refractivity contribution in [3.8, 4) is 5.75 Å². The fourth-order valence-corrected chi connectivity index (χ4v) is 2.49. The van der Waals surface area contributed by atoms with Gasteiger partial charge >= 0.3 is 5.97 Å². The molecule has 0 saturated carbocycles. The van der Waals surface area contributed by atoms with Gasteiger partial charge in [-0.05, 0) is 23.8 Å². The van der Waals surface area contributed by atoms with Crippen LogP contribution in [-0.4, -0.2) is 44.0 Å². The van der Waals surface area contributed by atoms with Crippen LogP contribution in [0.2, 0.25) is 0 Å². The predicted molar refractivity (Wildman–Crippen MR) is 84.3 cm³/mol. The van der Waals surface area contributed by atoms with E-state index in [0.717, 1.165) is 16.5 Å². The van der Waals surface area contributed by atoms with Gasteiger partial charge in [0.25, 0.3) is 0 Å². The number of ether oxygens (including phenoxy) is 2. The Morgan fingerprint density at radius 2 is 2.00 bits per heavy atom. The molecule has 0 aliphatic carbocycles. The Morgan fingerprint density at radius 1 is 1.26 bits per heavy atom. The van der Waals surface area contributed by atoms with Gasteiger partial charge in [0.2, 0.25) is 5.91 Å². The summed E-state index contributed by atoms with van der Waals surface area (Å²) in [6, 6.07) is 4.79. The summed E-state index contributed by atoms with van der Waals surface area (Å²) in [4.78, 5) is 28.5. The van der Waals surface area contributed by atoms with Gasteiger partial charge in [0.05, 0.1) is 19.7 Å². The molecule has 0 unspecified atom stereocenters. The van der Waals surface area contributed by atoms with E-state index < -0.39 is 12.0 Å². The van der Waals surface area contributed by atoms with Crippen molar-refractivity contribution in [3.05, 3.63) is 30.0 Å². The fourth-order valence-electron chi connectivity index (χ4n) is 2.49. The number of hydrogen-bond donors (Lipinski definition) is 1. The fraction of sp³-hybridized carbons (Fsp3) is 0.375. The van der Waals surface area contributed by atoms with Crippen LogP contribution in [0, 0.1) is 0 Å². The number of benzene rings is 1. The lowest BCUT2D eigenvalue weighted by atomic mass is 10.0. The van der Waals surface area contributed by atoms with Crippen molar-refractivity contribution >= 4 is 22.8 Å². The van der Waals surface area contributed by atoms with E-state index >= 15 is 0 Å². The van der Waals surface area contributed by atoms with E-state index in [1.54, 1.807) is 25.1 Å². The molecule has 0 fully saturated rings. The van der Waals surface area contributed by atoms with Crippen molar-refractivity contribution in [2.75, 3.05) is 21.3 Å². The summed E-state index contributed by atoms with van der Waals surface area (Å²) < 4.78 is 11.6. The van der Waals surface area contributed by atoms with E-state index in [1.165, 1.54) is 14.0 Å². The predicted octanol–water partition coefficient (Wildman–Crippen LogP) is 0.928. The topological polar surface area (TPSA) is 78.8 Å². The van der Waals surface area contributed by atoms with Crippen LogP contribution in [0.3, 0.4) is 0 Å². The number of amides is 1. The number of methoxy groups -OCH3 is 2. The van der Waals surface area contributed by atoms with E-state index in [-0.39, 0.29) is 12.3 Å². The zero-order valence-corrected chi connectivity index (χ0v) is 13.6. The van der Waals surface area contributed by atoms with Crippen molar-refractivity contribution in [1.29, 1.82) is 0 Å². The van der Waals surface area contributed by atoms with Crippen molar-refractivity contribution < 1.29 is 23.9 Å². The lowest BCUT2D eigenvalue weighted by molar-refractivity contribution is -0.144. The number of rotatable bonds is 6. The summed E-state index contributed by atoms with van der Waals surface area (Å²) >= 11 is 0. The largest absolute Gasteiger partial charge is 0.497 e. The van der Waals surface area contributed by atoms with Crippen LogP contribution >= 0.6 is 0 Å². The quantitative estimate of drug-likeness (QED) is 0.801. The van der Waals surface area contributed by atoms with Gasteiger partial charge in [-0.3, -0.25) is 4.79 Å². The average Bonchev–Trinajstić information content (AvgIpc) is 2.90. The van der Waals surface area contributed by atoms with E-state index in [9.17, 15) is 9.59 Å². The van der Waals surface area contributed by atoms with Gasteiger partial charge in [0.1, 0.15) is 18.9 Å². The highest BCUT2D eigenvalue weighted by Crippen LogP contribution is 2.26. The molecule has 1 aromatic heterocycles. The second-order valence-corrected chi connectivity index (χ2v) is 5.03. The molecule has 2 rings (SSSR count). The molecule has 1 heterocycles. The van der Waals surface area contributed by atoms with Crippen molar-refractivity contribution in [2.45, 2.75) is 19.4 Å². The van der Waals surface area contributed by atoms with Gasteiger partial charge in [0.15, 0.2) is 0 Å². The van der Waals surface area contributed by atoms with Gasteiger partial charge in [-0.2, -0.15) is 4.73 Å². The van der Waals surface area contributed by atoms with Crippen molar-refractivity contribution in [2.24, 2.45) is 0 Å². The Morgan fingerprint density at radius 3 is 2.57 bits per heavy atom. The zero-order valence-electron chi connectivity index (χ0n) is 13.6. The van der Waals surface area contributed by atoms with Crippen LogP contribution in [0.25, 0.3) is 10.9 Å². The number of nitrogens with zero attached hydrogens (tertiary/aromatic N) is 1. The van der Waals surface area contributed by atoms with E-state index in [0.29, 0.717) is 5.75 Å². The van der Waals surface area contributed by atoms with Crippen LogP contribution in [0.1, 0.15) is 12.5 Å². The summed E-state index contributed by atoms with van der Waals surface area (Å²) in [7, 11) is 4.43. The molecule has 23 heavy (non-hydrogen) atoms. The molecular formula is C16H20N2O5. The third kappa shape index (κ3) is 3.56. The average molecular weight is 320 g/mol. The van der Waals surface area contributed by atoms with E-state index in [2.05, 4.69) is 5.32 Å². The Kier molecular flexibility index (Phi) is 5.10. The van der Waals surface area contributed by atoms with Gasteiger partial charge in [0, 0.05) is 24.9 Å². The maximum atomic E-state index is 11.9. The SMILES string of the molecule is COC(=O)[C@H](Cc1cn(OC)c2ccc(OC)cc12)NC(C)=O. The van der Waals surface area contributed by atoms with Gasteiger partial charge < -0.3 is 19.6 Å². The molecule has 0 saturated heterocycles. The van der Waals surface area contributed by atoms with Crippen LogP contribution in [0.15, 0.2) is 24.4 Å². The minimum atomic E-state index is -0.764. The highest BCUT2D eigenvalue weighted by Gasteiger charge is 2.23. The third-order valence-corrected chi connectivity index (χ3v) is 3.54. The first-order valence-electron chi connectivity index (χ1n) is 7.07. The molecule has 1 aromatic carbocycles. The Hall–Kier alpha value is -2.70. The molecule has 0 bridgehead atoms. The third-order valence-electron chi connectivity index (χ3n) is 3.54. The van der Waals surface area contributed by atoms with E-state index in [4.69, 9.17) is 14.3 Å². The molecule has 7 nitrogen and oxygen atoms in total. The number of hydrogen-bond acceptors (Lipinski definition) is 5. The summed E-state index contributed by atoms with van der Waals surface area (Å²) in [6.07, 6.45) is 2.06. The van der Waals surface area contributed by atoms with Crippen molar-refractivity contribution in [3.63, 3.8) is 0 Å². The molecule has 0 spiro atoms. The van der Waals surface area contributed by atoms with Gasteiger partial charge in [-0.1, -0.05) is 0 Å². The molecule has 0 aliphatic heterocycles. The number of carbonyl (C=O) groups is 2. The zero-order chi connectivity index (χ0) is 17.0. The lowest BCUT2D eigenvalue weighted by Crippen LogP contribution is -2.41. The lowest BCUT2D eigenvalue weighted by Gasteiger charge is -2.14. The number of esters is 1. The maximum Gasteiger partial charge on any atom is 0.328 e. The first kappa shape index (κ1) is 16.7. The number of nitrogens with one attached hydrogen (secondary N) is 1. The first-order chi connectivity index (χ1) is 11.0. The Labute approximate surface area is 134 Å². The molecule has 7 heteroatoms. The summed E-state index contributed by atoms with van der Waals surface area (Å²) in [5.41, 5.74) is 1.68. The van der Waals surface area contributed by atoms with Crippen LogP contribution in [0.5, 0.6) is 5.75 Å². The van der Waals surface area contributed by atoms with E-state index in [1.807, 2.05) is 18.2 Å². The van der Waals surface area contributed by atoms with Crippen LogP contribution in [-0.2, 0) is 20.7 Å². The minimum absolute atomic E-state index is 0.284. The monoisotopic (exact) mass is 320 g/mol. The number of aromatic nitrogens is 1. The minimum Gasteiger partial charge on any atom is -0.497 e. The first-order valence-corrected chi connectivity index (χ1v) is 7.07. The van der Waals surface area contributed by atoms with Crippen LogP contribution < -0.4 is 14.9 Å². The summed E-state index contributed by atoms with van der Waals surface area (Å²) in [5, 5.41) is 3.48. The van der Waals surface area contributed by atoms with Gasteiger partial charge in [-0.15, -0.1) is 0 Å². The highest BCUT2D eigenvalue weighted by atomic mass is 16.6. The number of fused-ring (bicyclic) bond motifs is 1. The Balaban J connectivity index is 2.44. The summed E-state index contributed by atoms with van der Waals surface area (Å²) in [5.74, 6) is -0.100. The van der Waals surface area contributed by atoms with Gasteiger partial charge in [-0.25, -0.2) is 4.79 Å². The maximum absolute atomic E-state index is 11.9. The summed E-state index contributed by atoms with van der Waals surface area (Å²) in [6.45, 7) is 1.36. The number of carbonyl (C=O) groups excluding carboxylic acids is 2. The molecule has 1 atom stereocenters. The van der Waals surface area contributed by atoms with Crippen molar-refractivity contribution in [1.82, 2.24) is 10.0 Å². The smallest absolute Gasteiger partial charge is 0.328 e. The standard InChI is InChI=1S/C16H20N2O5/c1-10(19)17-14(16(20)22-3)7-11-9-18(23-4)15-6-5-12(21-2)8-13(11)15/h5-6,8-9,14H,7H2,1-4H3,(H,17,19)/t14-/m0/s1. The molecule has 1 N–H and O–H groups in total. The molecule has 0 aliphatic rings. The normalized spacial score (nSPS) is 11.8. The Bertz CT molecular complexity index is 723. The second-order valence-electron chi connectivity index (χ2n) is 5.03.